The highest BCUT2D eigenvalue weighted by atomic mass is 32.1. The Morgan fingerprint density at radius 3 is 2.33 bits per heavy atom. The molecule has 3 aromatic rings. The third-order valence-corrected chi connectivity index (χ3v) is 8.34. The van der Waals surface area contributed by atoms with E-state index in [0.717, 1.165) is 16.7 Å². The molecule has 0 radical (unpaired) electrons. The van der Waals surface area contributed by atoms with E-state index in [9.17, 15) is 14.4 Å². The summed E-state index contributed by atoms with van der Waals surface area (Å²) in [7, 11) is 1.55. The van der Waals surface area contributed by atoms with Crippen molar-refractivity contribution in [3.05, 3.63) is 114 Å². The lowest BCUT2D eigenvalue weighted by molar-refractivity contribution is -0.149. The molecule has 0 spiro atoms. The first-order chi connectivity index (χ1) is 20.0. The predicted molar refractivity (Wildman–Crippen MR) is 167 cm³/mol. The van der Waals surface area contributed by atoms with E-state index >= 15 is 0 Å². The zero-order valence-corrected chi connectivity index (χ0v) is 24.9. The maximum atomic E-state index is 13.9. The van der Waals surface area contributed by atoms with Gasteiger partial charge in [0.15, 0.2) is 0 Å². The van der Waals surface area contributed by atoms with Gasteiger partial charge in [0, 0.05) is 19.1 Å². The molecule has 1 aliphatic carbocycles. The number of carbonyl (C=O) groups excluding carboxylic acids is 3. The second kappa shape index (κ2) is 13.7. The standard InChI is InChI=1S/C34H36N2O5.H2S/c1-3-23-41-33(39)34(24-11-5-4-6-12-24)20-17-27(26-13-7-9-15-29(26)34)32(38)36-21-18-25(19-22-36)35-31(37)28-14-8-10-16-30(28)40-2;/h3-16,25,27H,1,17-23H2,2H3,(H,35,37);1H2/t27-,34+;/m0./s1. The number of fused-ring (bicyclic) bond motifs is 1. The summed E-state index contributed by atoms with van der Waals surface area (Å²) in [6, 6.07) is 24.6. The quantitative estimate of drug-likeness (QED) is 0.293. The van der Waals surface area contributed by atoms with Crippen LogP contribution in [-0.2, 0) is 19.7 Å². The average Bonchev–Trinajstić information content (AvgIpc) is 3.03. The fraction of sp³-hybridized carbons (Fsp3) is 0.324. The first-order valence-electron chi connectivity index (χ1n) is 14.1. The van der Waals surface area contributed by atoms with Gasteiger partial charge in [0.2, 0.25) is 5.91 Å². The zero-order valence-electron chi connectivity index (χ0n) is 23.9. The molecule has 1 heterocycles. The van der Waals surface area contributed by atoms with E-state index in [2.05, 4.69) is 11.9 Å². The molecular formula is C34H38N2O5S. The molecule has 8 heteroatoms. The van der Waals surface area contributed by atoms with Crippen molar-refractivity contribution >= 4 is 31.3 Å². The Morgan fingerprint density at radius 2 is 1.62 bits per heavy atom. The van der Waals surface area contributed by atoms with Gasteiger partial charge in [0.25, 0.3) is 5.91 Å². The summed E-state index contributed by atoms with van der Waals surface area (Å²) in [5.74, 6) is -0.251. The van der Waals surface area contributed by atoms with Gasteiger partial charge in [-0.1, -0.05) is 79.4 Å². The number of hydrogen-bond donors (Lipinski definition) is 1. The minimum Gasteiger partial charge on any atom is -0.496 e. The minimum atomic E-state index is -0.993. The molecular weight excluding hydrogens is 548 g/mol. The minimum absolute atomic E-state index is 0. The van der Waals surface area contributed by atoms with E-state index in [-0.39, 0.29) is 49.8 Å². The number of piperidine rings is 1. The lowest BCUT2D eigenvalue weighted by atomic mass is 9.63. The van der Waals surface area contributed by atoms with Crippen molar-refractivity contribution in [1.29, 1.82) is 0 Å². The van der Waals surface area contributed by atoms with Gasteiger partial charge in [0.05, 0.1) is 18.6 Å². The van der Waals surface area contributed by atoms with Crippen molar-refractivity contribution in [2.45, 2.75) is 43.1 Å². The van der Waals surface area contributed by atoms with E-state index in [1.807, 2.05) is 71.6 Å². The third-order valence-electron chi connectivity index (χ3n) is 8.34. The van der Waals surface area contributed by atoms with Crippen LogP contribution in [0.25, 0.3) is 0 Å². The smallest absolute Gasteiger partial charge is 0.321 e. The molecule has 3 aromatic carbocycles. The Balaban J connectivity index is 0.00000405. The van der Waals surface area contributed by atoms with Crippen LogP contribution in [0.15, 0.2) is 91.5 Å². The number of benzene rings is 3. The van der Waals surface area contributed by atoms with Crippen LogP contribution in [0.1, 0.15) is 58.6 Å². The highest BCUT2D eigenvalue weighted by molar-refractivity contribution is 7.59. The molecule has 1 N–H and O–H groups in total. The number of ether oxygens (including phenoxy) is 2. The van der Waals surface area contributed by atoms with Gasteiger partial charge in [-0.3, -0.25) is 14.4 Å². The average molecular weight is 587 g/mol. The van der Waals surface area contributed by atoms with Gasteiger partial charge >= 0.3 is 5.97 Å². The second-order valence-corrected chi connectivity index (χ2v) is 10.6. The number of carbonyl (C=O) groups is 3. The molecule has 2 atom stereocenters. The molecule has 0 aromatic heterocycles. The van der Waals surface area contributed by atoms with E-state index in [0.29, 0.717) is 50.1 Å². The van der Waals surface area contributed by atoms with Crippen LogP contribution < -0.4 is 10.1 Å². The molecule has 1 fully saturated rings. The topological polar surface area (TPSA) is 84.9 Å². The SMILES string of the molecule is C=CCOC(=O)[C@@]1(c2ccccc2)CC[C@H](C(=O)N2CCC(NC(=O)c3ccccc3OC)CC2)c2ccccc21.S. The highest BCUT2D eigenvalue weighted by Gasteiger charge is 2.50. The summed E-state index contributed by atoms with van der Waals surface area (Å²) in [5.41, 5.74) is 2.06. The number of rotatable bonds is 8. The second-order valence-electron chi connectivity index (χ2n) is 10.6. The Hall–Kier alpha value is -4.04. The molecule has 2 amide bonds. The number of nitrogens with zero attached hydrogens (tertiary/aromatic N) is 1. The van der Waals surface area contributed by atoms with Crippen LogP contribution in [0.2, 0.25) is 0 Å². The normalized spacial score (nSPS) is 19.9. The number of para-hydroxylation sites is 1. The first kappa shape index (κ1) is 30.9. The van der Waals surface area contributed by atoms with Crippen molar-refractivity contribution in [2.75, 3.05) is 26.8 Å². The van der Waals surface area contributed by atoms with Crippen LogP contribution >= 0.6 is 13.5 Å². The molecule has 0 unspecified atom stereocenters. The number of esters is 1. The summed E-state index contributed by atoms with van der Waals surface area (Å²) < 4.78 is 11.0. The molecule has 42 heavy (non-hydrogen) atoms. The number of methoxy groups -OCH3 is 1. The fourth-order valence-electron chi connectivity index (χ4n) is 6.27. The van der Waals surface area contributed by atoms with Crippen LogP contribution in [0, 0.1) is 0 Å². The van der Waals surface area contributed by atoms with Gasteiger partial charge < -0.3 is 19.7 Å². The summed E-state index contributed by atoms with van der Waals surface area (Å²) in [6.45, 7) is 4.93. The van der Waals surface area contributed by atoms with Crippen LogP contribution in [0.5, 0.6) is 5.75 Å². The van der Waals surface area contributed by atoms with E-state index in [4.69, 9.17) is 9.47 Å². The Morgan fingerprint density at radius 1 is 0.952 bits per heavy atom. The monoisotopic (exact) mass is 586 g/mol. The van der Waals surface area contributed by atoms with Crippen molar-refractivity contribution in [3.63, 3.8) is 0 Å². The summed E-state index contributed by atoms with van der Waals surface area (Å²) >= 11 is 0. The van der Waals surface area contributed by atoms with E-state index in [1.54, 1.807) is 25.3 Å². The van der Waals surface area contributed by atoms with E-state index in [1.165, 1.54) is 0 Å². The number of amides is 2. The van der Waals surface area contributed by atoms with Crippen molar-refractivity contribution < 1.29 is 23.9 Å². The molecule has 5 rings (SSSR count). The largest absolute Gasteiger partial charge is 0.496 e. The maximum absolute atomic E-state index is 13.9. The Kier molecular flexibility index (Phi) is 10.1. The van der Waals surface area contributed by atoms with Gasteiger partial charge in [-0.2, -0.15) is 13.5 Å². The van der Waals surface area contributed by atoms with Crippen LogP contribution in [0.3, 0.4) is 0 Å². The van der Waals surface area contributed by atoms with Crippen LogP contribution in [-0.4, -0.2) is 55.5 Å². The van der Waals surface area contributed by atoms with Crippen LogP contribution in [0.4, 0.5) is 0 Å². The molecule has 0 saturated carbocycles. The van der Waals surface area contributed by atoms with E-state index < -0.39 is 5.41 Å². The molecule has 1 aliphatic heterocycles. The summed E-state index contributed by atoms with van der Waals surface area (Å²) in [6.07, 6.45) is 3.90. The fourth-order valence-corrected chi connectivity index (χ4v) is 6.27. The van der Waals surface area contributed by atoms with Gasteiger partial charge in [0.1, 0.15) is 17.8 Å². The number of hydrogen-bond acceptors (Lipinski definition) is 5. The van der Waals surface area contributed by atoms with Gasteiger partial charge in [-0.15, -0.1) is 0 Å². The lowest BCUT2D eigenvalue weighted by Gasteiger charge is -2.42. The Bertz CT molecular complexity index is 1420. The molecule has 1 saturated heterocycles. The third kappa shape index (κ3) is 5.95. The molecule has 2 aliphatic rings. The zero-order chi connectivity index (χ0) is 28.8. The number of likely N-dealkylation sites (tertiary alicyclic amines) is 1. The predicted octanol–water partition coefficient (Wildman–Crippen LogP) is 5.12. The van der Waals surface area contributed by atoms with Crippen molar-refractivity contribution in [2.24, 2.45) is 0 Å². The Labute approximate surface area is 254 Å². The van der Waals surface area contributed by atoms with Crippen molar-refractivity contribution in [3.8, 4) is 5.75 Å². The highest BCUT2D eigenvalue weighted by Crippen LogP contribution is 2.48. The van der Waals surface area contributed by atoms with Gasteiger partial charge in [-0.25, -0.2) is 0 Å². The molecule has 220 valence electrons. The lowest BCUT2D eigenvalue weighted by Crippen LogP contribution is -2.49. The van der Waals surface area contributed by atoms with Gasteiger partial charge in [-0.05, 0) is 54.5 Å². The molecule has 0 bridgehead atoms. The first-order valence-corrected chi connectivity index (χ1v) is 14.1. The molecule has 7 nitrogen and oxygen atoms in total. The summed E-state index contributed by atoms with van der Waals surface area (Å²) in [4.78, 5) is 42.4. The summed E-state index contributed by atoms with van der Waals surface area (Å²) in [5, 5.41) is 3.11. The van der Waals surface area contributed by atoms with Crippen molar-refractivity contribution in [1.82, 2.24) is 10.2 Å². The maximum Gasteiger partial charge on any atom is 0.321 e. The number of nitrogens with one attached hydrogen (secondary N) is 1.